The van der Waals surface area contributed by atoms with E-state index in [0.717, 1.165) is 34.2 Å². The number of nitrogens with one attached hydrogen (secondary N) is 1. The van der Waals surface area contributed by atoms with Crippen LogP contribution in [0.2, 0.25) is 0 Å². The number of phenolic OH excluding ortho intramolecular Hbond substituents is 1. The first-order chi connectivity index (χ1) is 11.7. The molecule has 1 atom stereocenters. The summed E-state index contributed by atoms with van der Waals surface area (Å²) in [6.45, 7) is 2.55. The van der Waals surface area contributed by atoms with Crippen LogP contribution in [-0.4, -0.2) is 27.0 Å². The predicted molar refractivity (Wildman–Crippen MR) is 89.4 cm³/mol. The fourth-order valence-electron chi connectivity index (χ4n) is 3.20. The van der Waals surface area contributed by atoms with Crippen LogP contribution in [0.4, 0.5) is 0 Å². The first-order valence-electron chi connectivity index (χ1n) is 7.79. The number of hydrogen-bond acceptors (Lipinski definition) is 5. The van der Waals surface area contributed by atoms with Crippen molar-refractivity contribution < 1.29 is 9.84 Å². The molecule has 1 aliphatic heterocycles. The number of phenols is 1. The summed E-state index contributed by atoms with van der Waals surface area (Å²) in [5, 5.41) is 21.6. The second-order valence-electron chi connectivity index (χ2n) is 5.83. The molecule has 0 saturated carbocycles. The van der Waals surface area contributed by atoms with Crippen LogP contribution in [0.5, 0.6) is 11.5 Å². The van der Waals surface area contributed by atoms with Crippen molar-refractivity contribution >= 4 is 0 Å². The van der Waals surface area contributed by atoms with Crippen LogP contribution in [0, 0.1) is 6.92 Å². The minimum atomic E-state index is -0.0307. The highest BCUT2D eigenvalue weighted by atomic mass is 16.5. The molecule has 6 nitrogen and oxygen atoms in total. The summed E-state index contributed by atoms with van der Waals surface area (Å²) in [6.07, 6.45) is 0. The molecule has 0 saturated heterocycles. The van der Waals surface area contributed by atoms with Gasteiger partial charge in [0.15, 0.2) is 5.82 Å². The molecule has 0 aliphatic carbocycles. The number of methoxy groups -OCH3 is 1. The Labute approximate surface area is 139 Å². The fourth-order valence-corrected chi connectivity index (χ4v) is 3.20. The number of nitrogens with zero attached hydrogens (tertiary/aromatic N) is 3. The maximum absolute atomic E-state index is 9.57. The highest BCUT2D eigenvalue weighted by Crippen LogP contribution is 2.34. The van der Waals surface area contributed by atoms with Gasteiger partial charge in [-0.3, -0.25) is 9.88 Å². The van der Waals surface area contributed by atoms with Gasteiger partial charge in [-0.1, -0.05) is 12.1 Å². The average molecular weight is 322 g/mol. The second kappa shape index (κ2) is 5.65. The third kappa shape index (κ3) is 2.32. The Kier molecular flexibility index (Phi) is 3.46. The summed E-state index contributed by atoms with van der Waals surface area (Å²) in [7, 11) is 1.66. The van der Waals surface area contributed by atoms with Gasteiger partial charge in [-0.2, -0.15) is 0 Å². The van der Waals surface area contributed by atoms with E-state index in [1.807, 2.05) is 37.3 Å². The molecule has 2 heterocycles. The van der Waals surface area contributed by atoms with Crippen molar-refractivity contribution in [2.24, 2.45) is 0 Å². The normalized spacial score (nSPS) is 16.2. The van der Waals surface area contributed by atoms with Gasteiger partial charge in [-0.05, 0) is 42.8 Å². The Hall–Kier alpha value is -2.86. The third-order valence-corrected chi connectivity index (χ3v) is 4.37. The lowest BCUT2D eigenvalue weighted by molar-refractivity contribution is 0.413. The molecule has 2 aromatic carbocycles. The first-order valence-corrected chi connectivity index (χ1v) is 7.79. The van der Waals surface area contributed by atoms with E-state index in [9.17, 15) is 5.11 Å². The van der Waals surface area contributed by atoms with Crippen LogP contribution < -0.4 is 10.1 Å². The van der Waals surface area contributed by atoms with Gasteiger partial charge in [-0.15, -0.1) is 10.2 Å². The zero-order valence-electron chi connectivity index (χ0n) is 13.5. The van der Waals surface area contributed by atoms with E-state index in [-0.39, 0.29) is 11.8 Å². The van der Waals surface area contributed by atoms with Gasteiger partial charge < -0.3 is 9.84 Å². The Morgan fingerprint density at radius 1 is 1.17 bits per heavy atom. The number of hydrogen-bond donors (Lipinski definition) is 2. The van der Waals surface area contributed by atoms with Crippen LogP contribution in [0.15, 0.2) is 42.5 Å². The van der Waals surface area contributed by atoms with Gasteiger partial charge in [0.2, 0.25) is 0 Å². The molecule has 1 aromatic heterocycles. The van der Waals surface area contributed by atoms with Crippen LogP contribution in [0.25, 0.3) is 5.69 Å². The van der Waals surface area contributed by atoms with Crippen molar-refractivity contribution in [3.63, 3.8) is 0 Å². The average Bonchev–Trinajstić information content (AvgIpc) is 2.88. The molecule has 1 aliphatic rings. The SMILES string of the molecule is COc1ccc2c(c1)C(c1ccc(O)cc1)NCc1nnc(C)n1-2. The summed E-state index contributed by atoms with van der Waals surface area (Å²) in [5.41, 5.74) is 3.19. The van der Waals surface area contributed by atoms with Crippen molar-refractivity contribution in [2.45, 2.75) is 19.5 Å². The van der Waals surface area contributed by atoms with E-state index < -0.39 is 0 Å². The highest BCUT2D eigenvalue weighted by molar-refractivity contribution is 5.52. The molecular formula is C18H18N4O2. The van der Waals surface area contributed by atoms with Crippen molar-refractivity contribution in [1.29, 1.82) is 0 Å². The van der Waals surface area contributed by atoms with Gasteiger partial charge in [-0.25, -0.2) is 0 Å². The standard InChI is InChI=1S/C18H18N4O2/c1-11-20-21-17-10-19-18(12-3-5-13(23)6-4-12)15-9-14(24-2)7-8-16(15)22(11)17/h3-9,18-19,23H,10H2,1-2H3. The lowest BCUT2D eigenvalue weighted by Crippen LogP contribution is -2.21. The molecule has 0 spiro atoms. The van der Waals surface area contributed by atoms with Crippen molar-refractivity contribution in [1.82, 2.24) is 20.1 Å². The maximum Gasteiger partial charge on any atom is 0.151 e. The molecule has 0 bridgehead atoms. The second-order valence-corrected chi connectivity index (χ2v) is 5.83. The number of ether oxygens (including phenoxy) is 1. The Bertz CT molecular complexity index is 887. The molecule has 0 radical (unpaired) electrons. The molecular weight excluding hydrogens is 304 g/mol. The van der Waals surface area contributed by atoms with E-state index >= 15 is 0 Å². The van der Waals surface area contributed by atoms with E-state index in [1.54, 1.807) is 19.2 Å². The Morgan fingerprint density at radius 2 is 1.96 bits per heavy atom. The molecule has 0 amide bonds. The summed E-state index contributed by atoms with van der Waals surface area (Å²) in [6, 6.07) is 13.2. The molecule has 122 valence electrons. The lowest BCUT2D eigenvalue weighted by atomic mass is 9.97. The number of aromatic hydroxyl groups is 1. The molecule has 2 N–H and O–H groups in total. The lowest BCUT2D eigenvalue weighted by Gasteiger charge is -2.20. The summed E-state index contributed by atoms with van der Waals surface area (Å²) in [4.78, 5) is 0. The van der Waals surface area contributed by atoms with Gasteiger partial charge in [0.1, 0.15) is 17.3 Å². The fraction of sp³-hybridized carbons (Fsp3) is 0.222. The molecule has 3 aromatic rings. The topological polar surface area (TPSA) is 72.2 Å². The largest absolute Gasteiger partial charge is 0.508 e. The van der Waals surface area contributed by atoms with Crippen molar-refractivity contribution in [3.8, 4) is 17.2 Å². The van der Waals surface area contributed by atoms with Gasteiger partial charge in [0.05, 0.1) is 25.4 Å². The van der Waals surface area contributed by atoms with Crippen LogP contribution >= 0.6 is 0 Å². The minimum Gasteiger partial charge on any atom is -0.508 e. The predicted octanol–water partition coefficient (Wildman–Crippen LogP) is 2.48. The molecule has 6 heteroatoms. The smallest absolute Gasteiger partial charge is 0.151 e. The van der Waals surface area contributed by atoms with Gasteiger partial charge in [0.25, 0.3) is 0 Å². The van der Waals surface area contributed by atoms with Crippen molar-refractivity contribution in [3.05, 3.63) is 65.2 Å². The molecule has 1 unspecified atom stereocenters. The summed E-state index contributed by atoms with van der Waals surface area (Å²) in [5.74, 6) is 2.78. The van der Waals surface area contributed by atoms with E-state index in [2.05, 4.69) is 20.1 Å². The number of aromatic nitrogens is 3. The van der Waals surface area contributed by atoms with Crippen LogP contribution in [-0.2, 0) is 6.54 Å². The molecule has 4 rings (SSSR count). The van der Waals surface area contributed by atoms with Crippen molar-refractivity contribution in [2.75, 3.05) is 7.11 Å². The van der Waals surface area contributed by atoms with Crippen LogP contribution in [0.3, 0.4) is 0 Å². The molecule has 0 fully saturated rings. The monoisotopic (exact) mass is 322 g/mol. The summed E-state index contributed by atoms with van der Waals surface area (Å²) >= 11 is 0. The van der Waals surface area contributed by atoms with Gasteiger partial charge in [0, 0.05) is 5.56 Å². The molecule has 24 heavy (non-hydrogen) atoms. The Balaban J connectivity index is 1.92. The van der Waals surface area contributed by atoms with E-state index in [1.165, 1.54) is 0 Å². The zero-order valence-corrected chi connectivity index (χ0v) is 13.5. The Morgan fingerprint density at radius 3 is 2.71 bits per heavy atom. The van der Waals surface area contributed by atoms with Crippen LogP contribution in [0.1, 0.15) is 28.8 Å². The van der Waals surface area contributed by atoms with E-state index in [4.69, 9.17) is 4.74 Å². The first kappa shape index (κ1) is 14.7. The maximum atomic E-state index is 9.57. The number of aryl methyl sites for hydroxylation is 1. The summed E-state index contributed by atoms with van der Waals surface area (Å²) < 4.78 is 7.49. The minimum absolute atomic E-state index is 0.0307. The van der Waals surface area contributed by atoms with Gasteiger partial charge >= 0.3 is 0 Å². The third-order valence-electron chi connectivity index (χ3n) is 4.37. The highest BCUT2D eigenvalue weighted by Gasteiger charge is 2.25. The number of benzene rings is 2. The number of rotatable bonds is 2. The zero-order chi connectivity index (χ0) is 16.7. The quantitative estimate of drug-likeness (QED) is 0.758. The van der Waals surface area contributed by atoms with E-state index in [0.29, 0.717) is 6.54 Å². The number of fused-ring (bicyclic) bond motifs is 3.